The summed E-state index contributed by atoms with van der Waals surface area (Å²) in [6, 6.07) is 15.5. The van der Waals surface area contributed by atoms with E-state index < -0.39 is 0 Å². The van der Waals surface area contributed by atoms with Gasteiger partial charge in [-0.1, -0.05) is 48.2 Å². The van der Waals surface area contributed by atoms with Gasteiger partial charge in [-0.2, -0.15) is 0 Å². The molecule has 2 aromatic carbocycles. The second-order valence-corrected chi connectivity index (χ2v) is 6.71. The summed E-state index contributed by atoms with van der Waals surface area (Å²) in [6.45, 7) is 1.97. The van der Waals surface area contributed by atoms with E-state index in [-0.39, 0.29) is 11.7 Å². The molecule has 6 nitrogen and oxygen atoms in total. The maximum atomic E-state index is 12.3. The van der Waals surface area contributed by atoms with Crippen LogP contribution in [0.25, 0.3) is 11.4 Å². The summed E-state index contributed by atoms with van der Waals surface area (Å²) >= 11 is 1.34. The molecule has 0 saturated heterocycles. The quantitative estimate of drug-likeness (QED) is 0.674. The molecule has 0 radical (unpaired) electrons. The molecule has 0 spiro atoms. The van der Waals surface area contributed by atoms with Crippen molar-refractivity contribution in [3.05, 3.63) is 54.1 Å². The third kappa shape index (κ3) is 4.05. The summed E-state index contributed by atoms with van der Waals surface area (Å²) in [5.74, 6) is 1.52. The molecule has 26 heavy (non-hydrogen) atoms. The number of nitrogens with zero attached hydrogens (tertiary/aromatic N) is 3. The Labute approximate surface area is 156 Å². The molecule has 3 aromatic rings. The summed E-state index contributed by atoms with van der Waals surface area (Å²) in [6.07, 6.45) is 0. The first-order valence-electron chi connectivity index (χ1n) is 8.10. The minimum Gasteiger partial charge on any atom is -0.495 e. The monoisotopic (exact) mass is 368 g/mol. The maximum absolute atomic E-state index is 12.3. The molecule has 0 aliphatic rings. The molecule has 0 atom stereocenters. The number of carbonyl (C=O) groups excluding carboxylic acids is 1. The molecule has 1 aromatic heterocycles. The van der Waals surface area contributed by atoms with E-state index in [0.29, 0.717) is 16.6 Å². The molecule has 134 valence electrons. The van der Waals surface area contributed by atoms with E-state index in [9.17, 15) is 4.79 Å². The largest absolute Gasteiger partial charge is 0.495 e. The zero-order valence-electron chi connectivity index (χ0n) is 14.9. The van der Waals surface area contributed by atoms with Crippen molar-refractivity contribution >= 4 is 23.4 Å². The highest BCUT2D eigenvalue weighted by Crippen LogP contribution is 2.26. The van der Waals surface area contributed by atoms with Gasteiger partial charge >= 0.3 is 0 Å². The van der Waals surface area contributed by atoms with E-state index in [4.69, 9.17) is 4.74 Å². The fourth-order valence-electron chi connectivity index (χ4n) is 2.52. The summed E-state index contributed by atoms with van der Waals surface area (Å²) in [7, 11) is 3.48. The third-order valence-corrected chi connectivity index (χ3v) is 4.85. The normalized spacial score (nSPS) is 10.6. The highest BCUT2D eigenvalue weighted by atomic mass is 32.2. The number of methoxy groups -OCH3 is 1. The van der Waals surface area contributed by atoms with E-state index in [1.165, 1.54) is 11.8 Å². The van der Waals surface area contributed by atoms with Gasteiger partial charge in [0, 0.05) is 12.6 Å². The second kappa shape index (κ2) is 8.05. The van der Waals surface area contributed by atoms with E-state index in [1.54, 1.807) is 7.11 Å². The summed E-state index contributed by atoms with van der Waals surface area (Å²) in [4.78, 5) is 12.3. The van der Waals surface area contributed by atoms with Crippen LogP contribution in [0, 0.1) is 6.92 Å². The van der Waals surface area contributed by atoms with Crippen LogP contribution in [0.3, 0.4) is 0 Å². The van der Waals surface area contributed by atoms with Gasteiger partial charge < -0.3 is 14.6 Å². The number of hydrogen-bond acceptors (Lipinski definition) is 5. The Morgan fingerprint density at radius 3 is 2.69 bits per heavy atom. The van der Waals surface area contributed by atoms with Crippen LogP contribution in [0.15, 0.2) is 53.7 Å². The molecular formula is C19H20N4O2S. The maximum Gasteiger partial charge on any atom is 0.234 e. The number of ether oxygens (including phenoxy) is 1. The van der Waals surface area contributed by atoms with Crippen molar-refractivity contribution < 1.29 is 9.53 Å². The molecule has 7 heteroatoms. The smallest absolute Gasteiger partial charge is 0.234 e. The molecule has 0 aliphatic carbocycles. The Bertz CT molecular complexity index is 909. The summed E-state index contributed by atoms with van der Waals surface area (Å²) < 4.78 is 7.18. The Morgan fingerprint density at radius 1 is 1.19 bits per heavy atom. The van der Waals surface area contributed by atoms with Crippen LogP contribution in [-0.2, 0) is 11.8 Å². The lowest BCUT2D eigenvalue weighted by atomic mass is 10.2. The van der Waals surface area contributed by atoms with Gasteiger partial charge in [0.2, 0.25) is 5.91 Å². The minimum atomic E-state index is -0.122. The number of aromatic nitrogens is 3. The van der Waals surface area contributed by atoms with Gasteiger partial charge in [-0.3, -0.25) is 4.79 Å². The average Bonchev–Trinajstić information content (AvgIpc) is 3.01. The number of aryl methyl sites for hydroxylation is 1. The molecular weight excluding hydrogens is 348 g/mol. The minimum absolute atomic E-state index is 0.122. The molecule has 0 fully saturated rings. The molecule has 0 aliphatic heterocycles. The molecule has 0 saturated carbocycles. The number of rotatable bonds is 6. The fourth-order valence-corrected chi connectivity index (χ4v) is 3.23. The van der Waals surface area contributed by atoms with Crippen LogP contribution in [0.4, 0.5) is 5.69 Å². The van der Waals surface area contributed by atoms with Gasteiger partial charge in [0.1, 0.15) is 5.75 Å². The molecule has 1 amide bonds. The molecule has 1 heterocycles. The van der Waals surface area contributed by atoms with Crippen LogP contribution in [0.1, 0.15) is 5.56 Å². The van der Waals surface area contributed by atoms with Crippen molar-refractivity contribution in [3.63, 3.8) is 0 Å². The highest BCUT2D eigenvalue weighted by Gasteiger charge is 2.14. The number of nitrogens with one attached hydrogen (secondary N) is 1. The van der Waals surface area contributed by atoms with E-state index in [0.717, 1.165) is 17.0 Å². The van der Waals surface area contributed by atoms with E-state index in [1.807, 2.05) is 67.1 Å². The predicted molar refractivity (Wildman–Crippen MR) is 104 cm³/mol. The average molecular weight is 368 g/mol. The number of amides is 1. The van der Waals surface area contributed by atoms with Crippen molar-refractivity contribution in [2.24, 2.45) is 7.05 Å². The molecule has 1 N–H and O–H groups in total. The van der Waals surface area contributed by atoms with Gasteiger partial charge in [-0.15, -0.1) is 10.2 Å². The Kier molecular flexibility index (Phi) is 5.58. The standard InChI is InChI=1S/C19H20N4O2S/c1-13-9-10-16(25-3)15(11-13)20-17(24)12-26-19-22-21-18(23(19)2)14-7-5-4-6-8-14/h4-11H,12H2,1-3H3,(H,20,24). The van der Waals surface area contributed by atoms with E-state index >= 15 is 0 Å². The van der Waals surface area contributed by atoms with Crippen LogP contribution in [-0.4, -0.2) is 33.5 Å². The number of anilines is 1. The van der Waals surface area contributed by atoms with Gasteiger partial charge in [-0.25, -0.2) is 0 Å². The molecule has 0 bridgehead atoms. The first kappa shape index (κ1) is 18.0. The summed E-state index contributed by atoms with van der Waals surface area (Å²) in [5.41, 5.74) is 2.71. The SMILES string of the molecule is COc1ccc(C)cc1NC(=O)CSc1nnc(-c2ccccc2)n1C. The topological polar surface area (TPSA) is 69.0 Å². The lowest BCUT2D eigenvalue weighted by Crippen LogP contribution is -2.15. The van der Waals surface area contributed by atoms with Crippen LogP contribution >= 0.6 is 11.8 Å². The number of thioether (sulfide) groups is 1. The first-order chi connectivity index (χ1) is 12.6. The van der Waals surface area contributed by atoms with Gasteiger partial charge in [0.05, 0.1) is 18.6 Å². The lowest BCUT2D eigenvalue weighted by molar-refractivity contribution is -0.113. The predicted octanol–water partition coefficient (Wildman–Crippen LogP) is 3.53. The van der Waals surface area contributed by atoms with Crippen molar-refractivity contribution in [2.75, 3.05) is 18.2 Å². The number of carbonyl (C=O) groups is 1. The lowest BCUT2D eigenvalue weighted by Gasteiger charge is -2.10. The van der Waals surface area contributed by atoms with Crippen LogP contribution in [0.5, 0.6) is 5.75 Å². The third-order valence-electron chi connectivity index (χ3n) is 3.83. The zero-order valence-corrected chi connectivity index (χ0v) is 15.7. The highest BCUT2D eigenvalue weighted by molar-refractivity contribution is 7.99. The Balaban J connectivity index is 1.66. The van der Waals surface area contributed by atoms with Crippen molar-refractivity contribution in [3.8, 4) is 17.1 Å². The first-order valence-corrected chi connectivity index (χ1v) is 9.09. The molecule has 0 unspecified atom stereocenters. The van der Waals surface area contributed by atoms with E-state index in [2.05, 4.69) is 15.5 Å². The van der Waals surface area contributed by atoms with Crippen LogP contribution < -0.4 is 10.1 Å². The Morgan fingerprint density at radius 2 is 1.96 bits per heavy atom. The van der Waals surface area contributed by atoms with Gasteiger partial charge in [0.15, 0.2) is 11.0 Å². The van der Waals surface area contributed by atoms with Crippen LogP contribution in [0.2, 0.25) is 0 Å². The molecule has 3 rings (SSSR count). The zero-order chi connectivity index (χ0) is 18.5. The van der Waals surface area contributed by atoms with Crippen molar-refractivity contribution in [1.82, 2.24) is 14.8 Å². The Hall–Kier alpha value is -2.80. The summed E-state index contributed by atoms with van der Waals surface area (Å²) in [5, 5.41) is 12.0. The van der Waals surface area contributed by atoms with Gasteiger partial charge in [0.25, 0.3) is 0 Å². The van der Waals surface area contributed by atoms with Crippen molar-refractivity contribution in [1.29, 1.82) is 0 Å². The number of hydrogen-bond donors (Lipinski definition) is 1. The van der Waals surface area contributed by atoms with Gasteiger partial charge in [-0.05, 0) is 24.6 Å². The van der Waals surface area contributed by atoms with Crippen molar-refractivity contribution in [2.45, 2.75) is 12.1 Å². The fraction of sp³-hybridized carbons (Fsp3) is 0.211. The number of benzene rings is 2. The second-order valence-electron chi connectivity index (χ2n) is 5.77.